The predicted molar refractivity (Wildman–Crippen MR) is 95.4 cm³/mol. The lowest BCUT2D eigenvalue weighted by Crippen LogP contribution is -2.45. The van der Waals surface area contributed by atoms with Gasteiger partial charge >= 0.3 is 0 Å². The monoisotopic (exact) mass is 390 g/mol. The number of rotatable bonds is 2. The molecular formula is C20H22O8. The van der Waals surface area contributed by atoms with Crippen LogP contribution in [0.4, 0.5) is 0 Å². The van der Waals surface area contributed by atoms with Gasteiger partial charge < -0.3 is 39.4 Å². The van der Waals surface area contributed by atoms with Crippen LogP contribution < -0.4 is 0 Å². The average Bonchev–Trinajstić information content (AvgIpc) is 3.13. The van der Waals surface area contributed by atoms with Gasteiger partial charge in [0.15, 0.2) is 12.6 Å². The number of phenolic OH excluding ortho intramolecular Hbond substituents is 2. The summed E-state index contributed by atoms with van der Waals surface area (Å²) in [6.45, 7) is -0.0995. The van der Waals surface area contributed by atoms with Gasteiger partial charge in [-0.15, -0.1) is 0 Å². The molecule has 0 bridgehead atoms. The molecule has 0 aliphatic carbocycles. The van der Waals surface area contributed by atoms with Crippen LogP contribution in [0, 0.1) is 0 Å². The van der Waals surface area contributed by atoms with Crippen molar-refractivity contribution in [1.82, 2.24) is 0 Å². The topological polar surface area (TPSA) is 118 Å². The number of benzene rings is 2. The van der Waals surface area contributed by atoms with Gasteiger partial charge in [-0.25, -0.2) is 0 Å². The second-order valence-corrected chi connectivity index (χ2v) is 6.85. The molecule has 2 saturated heterocycles. The molecule has 8 heteroatoms. The van der Waals surface area contributed by atoms with Gasteiger partial charge in [0.1, 0.15) is 35.9 Å². The zero-order valence-corrected chi connectivity index (χ0v) is 14.9. The lowest BCUT2D eigenvalue weighted by atomic mass is 10.0. The molecule has 0 aromatic heterocycles. The molecule has 2 aliphatic heterocycles. The van der Waals surface area contributed by atoms with E-state index in [2.05, 4.69) is 0 Å². The summed E-state index contributed by atoms with van der Waals surface area (Å²) in [5.74, 6) is 0.239. The van der Waals surface area contributed by atoms with E-state index in [9.17, 15) is 20.4 Å². The minimum absolute atomic E-state index is 0.0641. The van der Waals surface area contributed by atoms with Crippen LogP contribution in [-0.2, 0) is 18.9 Å². The molecule has 0 amide bonds. The highest BCUT2D eigenvalue weighted by Crippen LogP contribution is 2.36. The second kappa shape index (κ2) is 8.04. The van der Waals surface area contributed by atoms with E-state index in [1.165, 1.54) is 24.3 Å². The summed E-state index contributed by atoms with van der Waals surface area (Å²) in [4.78, 5) is 0. The van der Waals surface area contributed by atoms with Crippen LogP contribution >= 0.6 is 0 Å². The quantitative estimate of drug-likeness (QED) is 0.607. The first-order valence-corrected chi connectivity index (χ1v) is 8.99. The summed E-state index contributed by atoms with van der Waals surface area (Å²) >= 11 is 0. The van der Waals surface area contributed by atoms with Crippen molar-refractivity contribution in [3.05, 3.63) is 59.7 Å². The molecule has 2 aromatic rings. The molecule has 4 N–H and O–H groups in total. The van der Waals surface area contributed by atoms with Crippen LogP contribution in [0.5, 0.6) is 11.5 Å². The third-order valence-corrected chi connectivity index (χ3v) is 4.84. The average molecular weight is 390 g/mol. The van der Waals surface area contributed by atoms with E-state index in [1.54, 1.807) is 24.3 Å². The van der Waals surface area contributed by atoms with Crippen LogP contribution in [0.1, 0.15) is 23.7 Å². The number of fused-ring (bicyclic) bond motifs is 1. The van der Waals surface area contributed by atoms with E-state index in [-0.39, 0.29) is 24.7 Å². The van der Waals surface area contributed by atoms with E-state index < -0.39 is 37.0 Å². The zero-order chi connectivity index (χ0) is 19.7. The fourth-order valence-electron chi connectivity index (χ4n) is 3.28. The Kier molecular flexibility index (Phi) is 5.49. The summed E-state index contributed by atoms with van der Waals surface area (Å²) in [7, 11) is 0. The smallest absolute Gasteiger partial charge is 0.184 e. The van der Waals surface area contributed by atoms with Gasteiger partial charge in [-0.3, -0.25) is 0 Å². The highest BCUT2D eigenvalue weighted by atomic mass is 16.8. The molecule has 150 valence electrons. The van der Waals surface area contributed by atoms with Crippen LogP contribution in [0.25, 0.3) is 0 Å². The zero-order valence-electron chi connectivity index (χ0n) is 14.9. The van der Waals surface area contributed by atoms with Crippen molar-refractivity contribution in [1.29, 1.82) is 0 Å². The van der Waals surface area contributed by atoms with E-state index in [0.29, 0.717) is 11.1 Å². The summed E-state index contributed by atoms with van der Waals surface area (Å²) < 4.78 is 23.2. The van der Waals surface area contributed by atoms with Gasteiger partial charge in [-0.1, -0.05) is 24.3 Å². The number of hydrogen-bond acceptors (Lipinski definition) is 8. The number of phenols is 2. The van der Waals surface area contributed by atoms with Crippen molar-refractivity contribution >= 4 is 0 Å². The number of ether oxygens (including phenoxy) is 4. The Hall–Kier alpha value is -2.20. The molecule has 0 radical (unpaired) electrons. The van der Waals surface area contributed by atoms with Crippen molar-refractivity contribution in [2.45, 2.75) is 37.0 Å². The predicted octanol–water partition coefficient (Wildman–Crippen LogP) is 1.35. The maximum absolute atomic E-state index is 10.5. The van der Waals surface area contributed by atoms with Gasteiger partial charge in [0, 0.05) is 11.1 Å². The lowest BCUT2D eigenvalue weighted by Gasteiger charge is -2.23. The largest absolute Gasteiger partial charge is 0.508 e. The SMILES string of the molecule is Oc1ccc(C2OC[C@H](O)[C@@H](O)[C@@H]3OC(c4ccc(O)cc4)O[C@@H]3CO2)cc1. The number of hydrogen-bond donors (Lipinski definition) is 4. The van der Waals surface area contributed by atoms with Crippen molar-refractivity contribution in [3.63, 3.8) is 0 Å². The molecule has 4 rings (SSSR count). The van der Waals surface area contributed by atoms with Crippen molar-refractivity contribution in [2.75, 3.05) is 13.2 Å². The molecule has 2 unspecified atom stereocenters. The lowest BCUT2D eigenvalue weighted by molar-refractivity contribution is -0.182. The molecule has 0 saturated carbocycles. The summed E-state index contributed by atoms with van der Waals surface area (Å²) in [6.07, 6.45) is -5.42. The number of aliphatic hydroxyl groups excluding tert-OH is 2. The van der Waals surface area contributed by atoms with E-state index >= 15 is 0 Å². The summed E-state index contributed by atoms with van der Waals surface area (Å²) in [5.41, 5.74) is 1.34. The number of aliphatic hydroxyl groups is 2. The Morgan fingerprint density at radius 3 is 1.82 bits per heavy atom. The van der Waals surface area contributed by atoms with Gasteiger partial charge in [0.2, 0.25) is 0 Å². The summed E-state index contributed by atoms with van der Waals surface area (Å²) in [5, 5.41) is 39.7. The Labute approximate surface area is 161 Å². The number of aromatic hydroxyl groups is 2. The fraction of sp³-hybridized carbons (Fsp3) is 0.400. The molecule has 2 fully saturated rings. The summed E-state index contributed by atoms with van der Waals surface area (Å²) in [6, 6.07) is 12.7. The first-order valence-electron chi connectivity index (χ1n) is 8.99. The van der Waals surface area contributed by atoms with Gasteiger partial charge in [-0.05, 0) is 24.3 Å². The fourth-order valence-corrected chi connectivity index (χ4v) is 3.28. The molecule has 28 heavy (non-hydrogen) atoms. The Morgan fingerprint density at radius 2 is 1.21 bits per heavy atom. The van der Waals surface area contributed by atoms with Crippen molar-refractivity contribution < 1.29 is 39.4 Å². The molecule has 2 aliphatic rings. The van der Waals surface area contributed by atoms with Crippen molar-refractivity contribution in [3.8, 4) is 11.5 Å². The van der Waals surface area contributed by atoms with Crippen LogP contribution in [0.2, 0.25) is 0 Å². The molecule has 8 nitrogen and oxygen atoms in total. The van der Waals surface area contributed by atoms with Crippen molar-refractivity contribution in [2.24, 2.45) is 0 Å². The van der Waals surface area contributed by atoms with Crippen LogP contribution in [0.3, 0.4) is 0 Å². The third-order valence-electron chi connectivity index (χ3n) is 4.84. The highest BCUT2D eigenvalue weighted by Gasteiger charge is 2.45. The first-order chi connectivity index (χ1) is 13.5. The minimum atomic E-state index is -1.23. The van der Waals surface area contributed by atoms with Crippen LogP contribution in [-0.4, -0.2) is 58.1 Å². The van der Waals surface area contributed by atoms with Gasteiger partial charge in [0.25, 0.3) is 0 Å². The Bertz CT molecular complexity index is 778. The third kappa shape index (κ3) is 3.97. The van der Waals surface area contributed by atoms with E-state index in [1.807, 2.05) is 0 Å². The maximum atomic E-state index is 10.5. The molecular weight excluding hydrogens is 368 g/mol. The van der Waals surface area contributed by atoms with E-state index in [0.717, 1.165) is 0 Å². The molecule has 2 heterocycles. The van der Waals surface area contributed by atoms with Crippen LogP contribution in [0.15, 0.2) is 48.5 Å². The Balaban J connectivity index is 1.53. The molecule has 6 atom stereocenters. The first kappa shape index (κ1) is 19.1. The van der Waals surface area contributed by atoms with Gasteiger partial charge in [-0.2, -0.15) is 0 Å². The normalized spacial score (nSPS) is 33.5. The highest BCUT2D eigenvalue weighted by molar-refractivity contribution is 5.27. The molecule has 2 aromatic carbocycles. The van der Waals surface area contributed by atoms with Gasteiger partial charge in [0.05, 0.1) is 13.2 Å². The second-order valence-electron chi connectivity index (χ2n) is 6.85. The standard InChI is InChI=1S/C20H22O8/c21-13-5-1-11(2-6-13)19-25-9-15(23)17(24)18-16(10-26-19)27-20(28-18)12-3-7-14(22)8-4-12/h1-8,15-24H,9-10H2/t15-,16+,17+,18+,19?,20?/m0/s1. The van der Waals surface area contributed by atoms with E-state index in [4.69, 9.17) is 18.9 Å². The Morgan fingerprint density at radius 1 is 0.679 bits per heavy atom. The molecule has 0 spiro atoms. The maximum Gasteiger partial charge on any atom is 0.184 e. The minimum Gasteiger partial charge on any atom is -0.508 e.